The Labute approximate surface area is 99.9 Å². The summed E-state index contributed by atoms with van der Waals surface area (Å²) in [5.74, 6) is 0.409. The summed E-state index contributed by atoms with van der Waals surface area (Å²) in [5.41, 5.74) is 1.41. The molecule has 2 aliphatic carbocycles. The first-order chi connectivity index (χ1) is 7.98. The standard InChI is InChI=1S/C14H16F3/c1-10-5-2-3-8-13(10)11-6-4-7-12(9-11)14(15,16)17/h4,6-7,9-10H,2-3,5,8H2,1H3/q+1/b13-11+. The highest BCUT2D eigenvalue weighted by Gasteiger charge is 2.37. The van der Waals surface area contributed by atoms with Crippen LogP contribution in [0.4, 0.5) is 13.2 Å². The SMILES string of the molecule is CC1CCCC/C1=C1\C=C(C(F)(F)F)C=C[CH+]1. The van der Waals surface area contributed by atoms with E-state index in [0.29, 0.717) is 5.92 Å². The molecule has 1 atom stereocenters. The third kappa shape index (κ3) is 2.76. The van der Waals surface area contributed by atoms with Crippen LogP contribution in [0.1, 0.15) is 32.6 Å². The Hall–Kier alpha value is -1.12. The van der Waals surface area contributed by atoms with Crippen LogP contribution in [-0.2, 0) is 0 Å². The molecule has 17 heavy (non-hydrogen) atoms. The van der Waals surface area contributed by atoms with Crippen molar-refractivity contribution in [2.75, 3.05) is 0 Å². The zero-order valence-corrected chi connectivity index (χ0v) is 9.85. The molecule has 2 aliphatic rings. The van der Waals surface area contributed by atoms with Crippen LogP contribution in [0.5, 0.6) is 0 Å². The summed E-state index contributed by atoms with van der Waals surface area (Å²) in [7, 11) is 0. The second kappa shape index (κ2) is 4.63. The van der Waals surface area contributed by atoms with Crippen LogP contribution in [-0.4, -0.2) is 6.18 Å². The third-order valence-electron chi connectivity index (χ3n) is 3.49. The molecule has 1 fully saturated rings. The van der Waals surface area contributed by atoms with Gasteiger partial charge in [0.1, 0.15) is 5.57 Å². The molecule has 0 amide bonds. The molecule has 0 aliphatic heterocycles. The maximum atomic E-state index is 12.6. The van der Waals surface area contributed by atoms with Gasteiger partial charge >= 0.3 is 6.18 Å². The molecular formula is C14H16F3+. The maximum Gasteiger partial charge on any atom is 0.434 e. The van der Waals surface area contributed by atoms with Crippen molar-refractivity contribution >= 4 is 0 Å². The summed E-state index contributed by atoms with van der Waals surface area (Å²) >= 11 is 0. The summed E-state index contributed by atoms with van der Waals surface area (Å²) in [5, 5.41) is 0. The van der Waals surface area contributed by atoms with E-state index in [4.69, 9.17) is 0 Å². The van der Waals surface area contributed by atoms with Crippen LogP contribution in [0, 0.1) is 12.3 Å². The van der Waals surface area contributed by atoms with E-state index in [9.17, 15) is 13.2 Å². The van der Waals surface area contributed by atoms with Crippen molar-refractivity contribution in [2.24, 2.45) is 5.92 Å². The molecule has 0 heterocycles. The highest BCUT2D eigenvalue weighted by Crippen LogP contribution is 2.37. The van der Waals surface area contributed by atoms with Gasteiger partial charge in [-0.25, -0.2) is 0 Å². The fourth-order valence-corrected chi connectivity index (χ4v) is 2.51. The molecule has 3 heteroatoms. The second-order valence-electron chi connectivity index (χ2n) is 4.75. The third-order valence-corrected chi connectivity index (χ3v) is 3.49. The summed E-state index contributed by atoms with van der Waals surface area (Å²) in [6.07, 6.45) is 5.79. The Balaban J connectivity index is 2.31. The van der Waals surface area contributed by atoms with Crippen molar-refractivity contribution in [1.29, 1.82) is 0 Å². The van der Waals surface area contributed by atoms with Crippen molar-refractivity contribution in [1.82, 2.24) is 0 Å². The van der Waals surface area contributed by atoms with Crippen molar-refractivity contribution in [2.45, 2.75) is 38.8 Å². The number of allylic oxidation sites excluding steroid dienone is 6. The zero-order chi connectivity index (χ0) is 12.5. The molecule has 0 bridgehead atoms. The Morgan fingerprint density at radius 1 is 1.29 bits per heavy atom. The number of rotatable bonds is 0. The summed E-state index contributed by atoms with van der Waals surface area (Å²) in [6.45, 7) is 2.11. The monoisotopic (exact) mass is 241 g/mol. The lowest BCUT2D eigenvalue weighted by Gasteiger charge is -2.21. The molecule has 0 radical (unpaired) electrons. The molecule has 0 saturated heterocycles. The lowest BCUT2D eigenvalue weighted by molar-refractivity contribution is -0.0883. The van der Waals surface area contributed by atoms with Crippen LogP contribution in [0.25, 0.3) is 0 Å². The van der Waals surface area contributed by atoms with Crippen LogP contribution in [0.3, 0.4) is 0 Å². The van der Waals surface area contributed by atoms with E-state index in [0.717, 1.165) is 30.9 Å². The van der Waals surface area contributed by atoms with Gasteiger partial charge in [0, 0.05) is 42.6 Å². The minimum absolute atomic E-state index is 0.409. The van der Waals surface area contributed by atoms with Crippen molar-refractivity contribution in [3.63, 3.8) is 0 Å². The molecule has 0 N–H and O–H groups in total. The number of halogens is 3. The first-order valence-electron chi connectivity index (χ1n) is 6.02. The van der Waals surface area contributed by atoms with Gasteiger partial charge in [-0.3, -0.25) is 0 Å². The normalized spacial score (nSPS) is 29.9. The number of hydrogen-bond acceptors (Lipinski definition) is 0. The molecular weight excluding hydrogens is 225 g/mol. The molecule has 0 aromatic heterocycles. The van der Waals surface area contributed by atoms with E-state index in [2.05, 4.69) is 6.92 Å². The van der Waals surface area contributed by atoms with E-state index >= 15 is 0 Å². The van der Waals surface area contributed by atoms with Gasteiger partial charge in [-0.1, -0.05) is 6.42 Å². The number of alkyl halides is 3. The lowest BCUT2D eigenvalue weighted by Crippen LogP contribution is -2.14. The second-order valence-corrected chi connectivity index (χ2v) is 4.75. The van der Waals surface area contributed by atoms with Crippen molar-refractivity contribution < 1.29 is 13.2 Å². The van der Waals surface area contributed by atoms with Gasteiger partial charge in [-0.15, -0.1) is 0 Å². The molecule has 0 spiro atoms. The van der Waals surface area contributed by atoms with E-state index in [-0.39, 0.29) is 0 Å². The Morgan fingerprint density at radius 3 is 2.71 bits per heavy atom. The highest BCUT2D eigenvalue weighted by molar-refractivity contribution is 5.48. The van der Waals surface area contributed by atoms with Gasteiger partial charge in [-0.2, -0.15) is 13.2 Å². The molecule has 2 rings (SSSR count). The van der Waals surface area contributed by atoms with Gasteiger partial charge in [0.15, 0.2) is 0 Å². The summed E-state index contributed by atoms with van der Waals surface area (Å²) < 4.78 is 37.9. The summed E-state index contributed by atoms with van der Waals surface area (Å²) in [4.78, 5) is 0. The minimum atomic E-state index is -4.24. The van der Waals surface area contributed by atoms with Crippen LogP contribution in [0.2, 0.25) is 0 Å². The molecule has 1 unspecified atom stereocenters. The van der Waals surface area contributed by atoms with Gasteiger partial charge in [0.25, 0.3) is 0 Å². The fourth-order valence-electron chi connectivity index (χ4n) is 2.51. The van der Waals surface area contributed by atoms with Gasteiger partial charge < -0.3 is 0 Å². The summed E-state index contributed by atoms with van der Waals surface area (Å²) in [6, 6.07) is 0. The Kier molecular flexibility index (Phi) is 3.36. The zero-order valence-electron chi connectivity index (χ0n) is 9.85. The molecule has 1 saturated carbocycles. The van der Waals surface area contributed by atoms with E-state index in [1.165, 1.54) is 24.1 Å². The van der Waals surface area contributed by atoms with E-state index in [1.807, 2.05) is 0 Å². The minimum Gasteiger partial charge on any atom is -0.164 e. The van der Waals surface area contributed by atoms with Crippen LogP contribution in [0.15, 0.2) is 34.9 Å². The largest absolute Gasteiger partial charge is 0.434 e. The van der Waals surface area contributed by atoms with Crippen molar-refractivity contribution in [3.8, 4) is 0 Å². The predicted molar refractivity (Wildman–Crippen MR) is 62.2 cm³/mol. The quantitative estimate of drug-likeness (QED) is 0.536. The fraction of sp³-hybridized carbons (Fsp3) is 0.500. The van der Waals surface area contributed by atoms with Crippen LogP contribution < -0.4 is 0 Å². The topological polar surface area (TPSA) is 0 Å². The molecule has 0 nitrogen and oxygen atoms in total. The van der Waals surface area contributed by atoms with Gasteiger partial charge in [-0.05, 0) is 19.8 Å². The lowest BCUT2D eigenvalue weighted by atomic mass is 9.81. The first kappa shape index (κ1) is 12.3. The molecule has 0 aromatic carbocycles. The average Bonchev–Trinajstić information content (AvgIpc) is 2.29. The smallest absolute Gasteiger partial charge is 0.164 e. The van der Waals surface area contributed by atoms with E-state index < -0.39 is 11.7 Å². The Bertz CT molecular complexity index is 383. The van der Waals surface area contributed by atoms with Gasteiger partial charge in [0.05, 0.1) is 5.57 Å². The average molecular weight is 241 g/mol. The van der Waals surface area contributed by atoms with Crippen LogP contribution >= 0.6 is 0 Å². The maximum absolute atomic E-state index is 12.6. The highest BCUT2D eigenvalue weighted by atomic mass is 19.4. The Morgan fingerprint density at radius 2 is 2.06 bits per heavy atom. The number of hydrogen-bond donors (Lipinski definition) is 0. The van der Waals surface area contributed by atoms with Gasteiger partial charge in [0.2, 0.25) is 0 Å². The first-order valence-corrected chi connectivity index (χ1v) is 6.02. The molecule has 92 valence electrons. The predicted octanol–water partition coefficient (Wildman–Crippen LogP) is 4.76. The molecule has 0 aromatic rings. The van der Waals surface area contributed by atoms with Crippen molar-refractivity contribution in [3.05, 3.63) is 41.4 Å². The van der Waals surface area contributed by atoms with E-state index in [1.54, 1.807) is 6.42 Å².